The average molecular weight is 314 g/mol. The first-order valence-electron chi connectivity index (χ1n) is 7.16. The number of hydrogen-bond donors (Lipinski definition) is 1. The molecule has 0 bridgehead atoms. The molecule has 2 fully saturated rings. The number of rotatable bonds is 3. The molecule has 2 saturated heterocycles. The first-order chi connectivity index (χ1) is 10.0. The van der Waals surface area contributed by atoms with Crippen LogP contribution in [0.3, 0.4) is 0 Å². The van der Waals surface area contributed by atoms with Gasteiger partial charge in [-0.3, -0.25) is 4.90 Å². The van der Waals surface area contributed by atoms with Gasteiger partial charge >= 0.3 is 0 Å². The van der Waals surface area contributed by atoms with Crippen LogP contribution in [0.2, 0.25) is 0 Å². The van der Waals surface area contributed by atoms with Crippen LogP contribution < -0.4 is 0 Å². The number of halogens is 1. The van der Waals surface area contributed by atoms with Gasteiger partial charge in [-0.2, -0.15) is 4.31 Å². The van der Waals surface area contributed by atoms with E-state index in [4.69, 9.17) is 5.11 Å². The Kier molecular flexibility index (Phi) is 4.00. The van der Waals surface area contributed by atoms with Crippen LogP contribution in [0.1, 0.15) is 18.4 Å². The Morgan fingerprint density at radius 3 is 2.86 bits per heavy atom. The Labute approximate surface area is 124 Å². The van der Waals surface area contributed by atoms with E-state index in [0.717, 1.165) is 25.5 Å². The van der Waals surface area contributed by atoms with Crippen LogP contribution in [0, 0.1) is 5.82 Å². The lowest BCUT2D eigenvalue weighted by molar-refractivity contribution is 0.158. The smallest absolute Gasteiger partial charge is 0.246 e. The topological polar surface area (TPSA) is 60.9 Å². The molecule has 2 aliphatic heterocycles. The Hall–Kier alpha value is -1.02. The van der Waals surface area contributed by atoms with Crippen molar-refractivity contribution < 1.29 is 17.9 Å². The SMILES string of the molecule is O=S(=O)(c1cc(CO)ccc1F)N1CCN2CCCC2C1. The molecular weight excluding hydrogens is 295 g/mol. The maximum Gasteiger partial charge on any atom is 0.246 e. The second-order valence-electron chi connectivity index (χ2n) is 5.62. The normalized spacial score (nSPS) is 24.2. The zero-order valence-electron chi connectivity index (χ0n) is 11.7. The van der Waals surface area contributed by atoms with Gasteiger partial charge in [-0.15, -0.1) is 0 Å². The monoisotopic (exact) mass is 314 g/mol. The van der Waals surface area contributed by atoms with Gasteiger partial charge in [-0.05, 0) is 37.1 Å². The number of hydrogen-bond acceptors (Lipinski definition) is 4. The molecule has 0 radical (unpaired) electrons. The van der Waals surface area contributed by atoms with Crippen LogP contribution in [0.25, 0.3) is 0 Å². The highest BCUT2D eigenvalue weighted by Crippen LogP contribution is 2.27. The number of benzene rings is 1. The summed E-state index contributed by atoms with van der Waals surface area (Å²) in [6.07, 6.45) is 2.08. The standard InChI is InChI=1S/C14H19FN2O3S/c15-13-4-3-11(10-18)8-14(13)21(19,20)17-7-6-16-5-1-2-12(16)9-17/h3-4,8,12,18H,1-2,5-7,9-10H2. The van der Waals surface area contributed by atoms with Crippen molar-refractivity contribution >= 4 is 10.0 Å². The number of fused-ring (bicyclic) bond motifs is 1. The Morgan fingerprint density at radius 2 is 2.10 bits per heavy atom. The summed E-state index contributed by atoms with van der Waals surface area (Å²) in [7, 11) is -3.84. The molecule has 5 nitrogen and oxygen atoms in total. The summed E-state index contributed by atoms with van der Waals surface area (Å²) in [4.78, 5) is 1.97. The molecule has 0 spiro atoms. The summed E-state index contributed by atoms with van der Waals surface area (Å²) in [5.74, 6) is -0.763. The fourth-order valence-corrected chi connectivity index (χ4v) is 4.75. The van der Waals surface area contributed by atoms with Crippen molar-refractivity contribution in [1.29, 1.82) is 0 Å². The molecule has 1 unspecified atom stereocenters. The van der Waals surface area contributed by atoms with Crippen LogP contribution in [0.15, 0.2) is 23.1 Å². The highest BCUT2D eigenvalue weighted by atomic mass is 32.2. The minimum atomic E-state index is -3.84. The molecule has 0 amide bonds. The van der Waals surface area contributed by atoms with Gasteiger partial charge in [0.05, 0.1) is 6.61 Å². The molecule has 2 heterocycles. The molecule has 3 rings (SSSR count). The van der Waals surface area contributed by atoms with E-state index in [-0.39, 0.29) is 17.5 Å². The minimum absolute atomic E-state index is 0.248. The van der Waals surface area contributed by atoms with E-state index in [1.807, 2.05) is 0 Å². The number of nitrogens with zero attached hydrogens (tertiary/aromatic N) is 2. The van der Waals surface area contributed by atoms with E-state index in [1.54, 1.807) is 0 Å². The number of sulfonamides is 1. The van der Waals surface area contributed by atoms with Gasteiger partial charge < -0.3 is 5.11 Å². The predicted molar refractivity (Wildman–Crippen MR) is 75.7 cm³/mol. The molecule has 2 aliphatic rings. The van der Waals surface area contributed by atoms with Crippen LogP contribution >= 0.6 is 0 Å². The van der Waals surface area contributed by atoms with E-state index in [2.05, 4.69) is 4.90 Å². The van der Waals surface area contributed by atoms with Gasteiger partial charge in [0.25, 0.3) is 0 Å². The fourth-order valence-electron chi connectivity index (χ4n) is 3.16. The molecule has 7 heteroatoms. The van der Waals surface area contributed by atoms with Crippen molar-refractivity contribution in [3.05, 3.63) is 29.6 Å². The number of aliphatic hydroxyl groups excluding tert-OH is 1. The van der Waals surface area contributed by atoms with Crippen molar-refractivity contribution in [2.45, 2.75) is 30.4 Å². The molecule has 21 heavy (non-hydrogen) atoms. The van der Waals surface area contributed by atoms with Crippen LogP contribution in [0.5, 0.6) is 0 Å². The van der Waals surface area contributed by atoms with Crippen molar-refractivity contribution in [2.24, 2.45) is 0 Å². The summed E-state index contributed by atoms with van der Waals surface area (Å²) in [5, 5.41) is 9.11. The summed E-state index contributed by atoms with van der Waals surface area (Å²) < 4.78 is 40.6. The molecule has 0 aliphatic carbocycles. The second kappa shape index (κ2) is 5.64. The molecule has 1 aromatic rings. The molecule has 0 saturated carbocycles. The van der Waals surface area contributed by atoms with E-state index in [9.17, 15) is 12.8 Å². The van der Waals surface area contributed by atoms with Crippen LogP contribution in [-0.2, 0) is 16.6 Å². The Morgan fingerprint density at radius 1 is 1.29 bits per heavy atom. The maximum absolute atomic E-state index is 13.9. The van der Waals surface area contributed by atoms with Gasteiger partial charge in [-0.1, -0.05) is 6.07 Å². The third kappa shape index (κ3) is 2.70. The molecule has 1 atom stereocenters. The summed E-state index contributed by atoms with van der Waals surface area (Å²) in [6.45, 7) is 2.23. The van der Waals surface area contributed by atoms with Gasteiger partial charge in [0.1, 0.15) is 10.7 Å². The van der Waals surface area contributed by atoms with E-state index in [0.29, 0.717) is 25.2 Å². The average Bonchev–Trinajstić information content (AvgIpc) is 2.95. The fraction of sp³-hybridized carbons (Fsp3) is 0.571. The lowest BCUT2D eigenvalue weighted by Gasteiger charge is -2.36. The van der Waals surface area contributed by atoms with E-state index in [1.165, 1.54) is 16.4 Å². The zero-order valence-corrected chi connectivity index (χ0v) is 12.5. The molecule has 116 valence electrons. The highest BCUT2D eigenvalue weighted by molar-refractivity contribution is 7.89. The maximum atomic E-state index is 13.9. The third-order valence-corrected chi connectivity index (χ3v) is 6.23. The van der Waals surface area contributed by atoms with Gasteiger partial charge in [0.15, 0.2) is 0 Å². The summed E-state index contributed by atoms with van der Waals surface area (Å²) in [6, 6.07) is 3.97. The molecular formula is C14H19FN2O3S. The predicted octanol–water partition coefficient (Wildman–Crippen LogP) is 0.787. The Bertz CT molecular complexity index is 635. The molecule has 1 N–H and O–H groups in total. The molecule has 0 aromatic heterocycles. The van der Waals surface area contributed by atoms with Gasteiger partial charge in [-0.25, -0.2) is 12.8 Å². The second-order valence-corrected chi connectivity index (χ2v) is 7.52. The minimum Gasteiger partial charge on any atom is -0.392 e. The van der Waals surface area contributed by atoms with Crippen molar-refractivity contribution in [1.82, 2.24) is 9.21 Å². The Balaban J connectivity index is 1.90. The van der Waals surface area contributed by atoms with Gasteiger partial charge in [0, 0.05) is 25.7 Å². The van der Waals surface area contributed by atoms with Crippen molar-refractivity contribution in [2.75, 3.05) is 26.2 Å². The van der Waals surface area contributed by atoms with Crippen molar-refractivity contribution in [3.8, 4) is 0 Å². The van der Waals surface area contributed by atoms with Crippen LogP contribution in [-0.4, -0.2) is 55.0 Å². The quantitative estimate of drug-likeness (QED) is 0.896. The lowest BCUT2D eigenvalue weighted by atomic mass is 10.2. The first-order valence-corrected chi connectivity index (χ1v) is 8.60. The number of piperazine rings is 1. The highest BCUT2D eigenvalue weighted by Gasteiger charge is 2.37. The van der Waals surface area contributed by atoms with E-state index >= 15 is 0 Å². The lowest BCUT2D eigenvalue weighted by Crippen LogP contribution is -2.52. The van der Waals surface area contributed by atoms with Crippen LogP contribution in [0.4, 0.5) is 4.39 Å². The summed E-state index contributed by atoms with van der Waals surface area (Å²) >= 11 is 0. The largest absolute Gasteiger partial charge is 0.392 e. The summed E-state index contributed by atoms with van der Waals surface area (Å²) in [5.41, 5.74) is 0.398. The number of aliphatic hydroxyl groups is 1. The zero-order chi connectivity index (χ0) is 15.0. The molecule has 1 aromatic carbocycles. The van der Waals surface area contributed by atoms with E-state index < -0.39 is 15.8 Å². The third-order valence-electron chi connectivity index (χ3n) is 4.35. The first kappa shape index (κ1) is 14.9. The van der Waals surface area contributed by atoms with Gasteiger partial charge in [0.2, 0.25) is 10.0 Å². The van der Waals surface area contributed by atoms with Crippen molar-refractivity contribution in [3.63, 3.8) is 0 Å².